The lowest BCUT2D eigenvalue weighted by Gasteiger charge is -2.43. The molecule has 0 saturated carbocycles. The van der Waals surface area contributed by atoms with Crippen LogP contribution < -0.4 is 4.90 Å². The van der Waals surface area contributed by atoms with Crippen LogP contribution in [-0.2, 0) is 20.7 Å². The van der Waals surface area contributed by atoms with Crippen molar-refractivity contribution in [3.63, 3.8) is 0 Å². The van der Waals surface area contributed by atoms with Gasteiger partial charge in [-0.15, -0.1) is 0 Å². The maximum Gasteiger partial charge on any atom is 0.334 e. The Bertz CT molecular complexity index is 854. The van der Waals surface area contributed by atoms with Gasteiger partial charge in [0.1, 0.15) is 0 Å². The summed E-state index contributed by atoms with van der Waals surface area (Å²) in [6.07, 6.45) is 0.473. The summed E-state index contributed by atoms with van der Waals surface area (Å²) in [6, 6.07) is 18.0. The Hall–Kier alpha value is -2.37. The van der Waals surface area contributed by atoms with Crippen LogP contribution in [-0.4, -0.2) is 56.4 Å². The summed E-state index contributed by atoms with van der Waals surface area (Å²) in [6.45, 7) is 8.25. The Morgan fingerprint density at radius 3 is 2.69 bits per heavy atom. The van der Waals surface area contributed by atoms with E-state index in [0.717, 1.165) is 32.6 Å². The first-order chi connectivity index (χ1) is 14.2. The predicted molar refractivity (Wildman–Crippen MR) is 114 cm³/mol. The van der Waals surface area contributed by atoms with Crippen LogP contribution in [0.25, 0.3) is 0 Å². The van der Waals surface area contributed by atoms with Gasteiger partial charge in [0.15, 0.2) is 6.10 Å². The molecule has 2 aromatic rings. The molecule has 154 valence electrons. The van der Waals surface area contributed by atoms with Crippen molar-refractivity contribution in [1.82, 2.24) is 4.90 Å². The molecule has 2 atom stereocenters. The average Bonchev–Trinajstić information content (AvgIpc) is 2.88. The van der Waals surface area contributed by atoms with E-state index < -0.39 is 6.10 Å². The van der Waals surface area contributed by atoms with Crippen LogP contribution in [0.3, 0.4) is 0 Å². The number of carbonyl (C=O) groups excluding carboxylic acids is 1. The number of para-hydroxylation sites is 1. The molecule has 0 aromatic heterocycles. The minimum atomic E-state index is -0.512. The summed E-state index contributed by atoms with van der Waals surface area (Å²) in [5.41, 5.74) is 5.61. The smallest absolute Gasteiger partial charge is 0.334 e. The van der Waals surface area contributed by atoms with Crippen LogP contribution in [0.5, 0.6) is 0 Å². The van der Waals surface area contributed by atoms with Crippen molar-refractivity contribution in [2.75, 3.05) is 44.3 Å². The highest BCUT2D eigenvalue weighted by Crippen LogP contribution is 2.38. The molecule has 1 fully saturated rings. The highest BCUT2D eigenvalue weighted by atomic mass is 16.6. The van der Waals surface area contributed by atoms with Gasteiger partial charge in [0.2, 0.25) is 0 Å². The topological polar surface area (TPSA) is 42.0 Å². The van der Waals surface area contributed by atoms with E-state index >= 15 is 0 Å². The van der Waals surface area contributed by atoms with Crippen LogP contribution in [0.2, 0.25) is 0 Å². The summed E-state index contributed by atoms with van der Waals surface area (Å²) in [5, 5.41) is 0. The van der Waals surface area contributed by atoms with Gasteiger partial charge < -0.3 is 14.4 Å². The second-order valence-electron chi connectivity index (χ2n) is 7.78. The zero-order chi connectivity index (χ0) is 20.2. The first-order valence-electron chi connectivity index (χ1n) is 10.6. The summed E-state index contributed by atoms with van der Waals surface area (Å²) in [7, 11) is 0. The second-order valence-corrected chi connectivity index (χ2v) is 7.78. The Balaban J connectivity index is 1.46. The van der Waals surface area contributed by atoms with Crippen molar-refractivity contribution in [2.24, 2.45) is 0 Å². The first kappa shape index (κ1) is 19.9. The number of esters is 1. The molecule has 2 heterocycles. The maximum atomic E-state index is 11.7. The Morgan fingerprint density at radius 1 is 1.10 bits per heavy atom. The summed E-state index contributed by atoms with van der Waals surface area (Å²) in [4.78, 5) is 16.8. The third-order valence-electron chi connectivity index (χ3n) is 5.95. The quantitative estimate of drug-likeness (QED) is 0.703. The molecule has 0 radical (unpaired) electrons. The predicted octanol–water partition coefficient (Wildman–Crippen LogP) is 3.42. The van der Waals surface area contributed by atoms with Crippen molar-refractivity contribution >= 4 is 11.7 Å². The van der Waals surface area contributed by atoms with Crippen LogP contribution >= 0.6 is 0 Å². The molecule has 29 heavy (non-hydrogen) atoms. The van der Waals surface area contributed by atoms with E-state index in [1.165, 1.54) is 22.4 Å². The Kier molecular flexibility index (Phi) is 6.16. The number of ether oxygens (including phenoxy) is 2. The van der Waals surface area contributed by atoms with Gasteiger partial charge >= 0.3 is 5.97 Å². The van der Waals surface area contributed by atoms with Gasteiger partial charge in [-0.25, -0.2) is 4.79 Å². The number of hydrogen-bond acceptors (Lipinski definition) is 5. The lowest BCUT2D eigenvalue weighted by Crippen LogP contribution is -2.49. The summed E-state index contributed by atoms with van der Waals surface area (Å²) in [5.74, 6) is -0.286. The zero-order valence-corrected chi connectivity index (χ0v) is 17.3. The molecule has 5 nitrogen and oxygen atoms in total. The molecule has 2 aliphatic heterocycles. The van der Waals surface area contributed by atoms with E-state index in [4.69, 9.17) is 9.47 Å². The highest BCUT2D eigenvalue weighted by molar-refractivity contribution is 5.74. The molecular weight excluding hydrogens is 364 g/mol. The molecule has 0 spiro atoms. The van der Waals surface area contributed by atoms with E-state index in [1.807, 2.05) is 6.92 Å². The van der Waals surface area contributed by atoms with E-state index in [9.17, 15) is 4.79 Å². The minimum Gasteiger partial charge on any atom is -0.464 e. The molecule has 0 aliphatic carbocycles. The molecule has 5 heteroatoms. The van der Waals surface area contributed by atoms with Gasteiger partial charge in [0.05, 0.1) is 19.3 Å². The summed E-state index contributed by atoms with van der Waals surface area (Å²) >= 11 is 0. The van der Waals surface area contributed by atoms with Crippen molar-refractivity contribution in [3.8, 4) is 0 Å². The number of hydrogen-bond donors (Lipinski definition) is 0. The third-order valence-corrected chi connectivity index (χ3v) is 5.95. The highest BCUT2D eigenvalue weighted by Gasteiger charge is 2.33. The second kappa shape index (κ2) is 8.97. The van der Waals surface area contributed by atoms with Gasteiger partial charge in [0.25, 0.3) is 0 Å². The van der Waals surface area contributed by atoms with Gasteiger partial charge in [-0.2, -0.15) is 0 Å². The maximum absolute atomic E-state index is 11.7. The van der Waals surface area contributed by atoms with Crippen LogP contribution in [0, 0.1) is 0 Å². The molecule has 0 amide bonds. The lowest BCUT2D eigenvalue weighted by molar-refractivity contribution is -0.155. The Morgan fingerprint density at radius 2 is 1.86 bits per heavy atom. The van der Waals surface area contributed by atoms with Crippen LogP contribution in [0.1, 0.15) is 36.6 Å². The summed E-state index contributed by atoms with van der Waals surface area (Å²) < 4.78 is 10.7. The number of anilines is 1. The fourth-order valence-electron chi connectivity index (χ4n) is 4.45. The molecular formula is C24H30N2O3. The van der Waals surface area contributed by atoms with Crippen LogP contribution in [0.15, 0.2) is 48.5 Å². The largest absolute Gasteiger partial charge is 0.464 e. The Labute approximate surface area is 173 Å². The van der Waals surface area contributed by atoms with Crippen LogP contribution in [0.4, 0.5) is 5.69 Å². The number of piperazine rings is 1. The molecule has 0 N–H and O–H groups in total. The van der Waals surface area contributed by atoms with E-state index in [-0.39, 0.29) is 5.97 Å². The van der Waals surface area contributed by atoms with Gasteiger partial charge in [-0.05, 0) is 43.0 Å². The number of rotatable bonds is 6. The first-order valence-corrected chi connectivity index (χ1v) is 10.6. The van der Waals surface area contributed by atoms with Crippen molar-refractivity contribution < 1.29 is 14.3 Å². The molecule has 2 aromatic carbocycles. The minimum absolute atomic E-state index is 0.286. The fraction of sp³-hybridized carbons (Fsp3) is 0.458. The molecule has 2 unspecified atom stereocenters. The molecule has 2 aliphatic rings. The van der Waals surface area contributed by atoms with E-state index in [2.05, 4.69) is 58.3 Å². The number of nitrogens with zero attached hydrogens (tertiary/aromatic N) is 2. The normalized spacial score (nSPS) is 19.5. The van der Waals surface area contributed by atoms with E-state index in [1.54, 1.807) is 6.92 Å². The zero-order valence-electron chi connectivity index (χ0n) is 17.3. The van der Waals surface area contributed by atoms with Gasteiger partial charge in [0, 0.05) is 31.9 Å². The molecule has 1 saturated heterocycles. The lowest BCUT2D eigenvalue weighted by atomic mass is 9.96. The van der Waals surface area contributed by atoms with Crippen molar-refractivity contribution in [2.45, 2.75) is 32.4 Å². The SMILES string of the molecule is CCOC(=O)C(C)OCCN1CCN2c3ccccc3Cc3ccccc3C2C1. The third kappa shape index (κ3) is 4.31. The molecule has 0 bridgehead atoms. The van der Waals surface area contributed by atoms with E-state index in [0.29, 0.717) is 19.3 Å². The number of carbonyl (C=O) groups is 1. The van der Waals surface area contributed by atoms with Gasteiger partial charge in [-0.1, -0.05) is 42.5 Å². The average molecular weight is 395 g/mol. The number of benzene rings is 2. The van der Waals surface area contributed by atoms with Crippen molar-refractivity contribution in [1.29, 1.82) is 0 Å². The monoisotopic (exact) mass is 394 g/mol. The molecule has 4 rings (SSSR count). The fourth-order valence-corrected chi connectivity index (χ4v) is 4.45. The number of fused-ring (bicyclic) bond motifs is 5. The standard InChI is InChI=1S/C24H30N2O3/c1-3-28-24(27)18(2)29-15-14-25-12-13-26-22-11-7-5-9-20(22)16-19-8-4-6-10-21(19)23(26)17-25/h4-11,18,23H,3,12-17H2,1-2H3. The van der Waals surface area contributed by atoms with Gasteiger partial charge in [-0.3, -0.25) is 4.90 Å². The van der Waals surface area contributed by atoms with Crippen molar-refractivity contribution in [3.05, 3.63) is 65.2 Å².